The highest BCUT2D eigenvalue weighted by molar-refractivity contribution is 5.66. The number of unbranched alkanes of at least 4 members (excludes halogenated alkanes) is 3. The lowest BCUT2D eigenvalue weighted by atomic mass is 9.85. The largest absolute Gasteiger partial charge is 0.481 e. The Morgan fingerprint density at radius 1 is 1.07 bits per heavy atom. The van der Waals surface area contributed by atoms with E-state index in [1.807, 2.05) is 31.2 Å². The average Bonchev–Trinajstić information content (AvgIpc) is 2.94. The monoisotopic (exact) mass is 407 g/mol. The van der Waals surface area contributed by atoms with Crippen LogP contribution in [-0.2, 0) is 4.79 Å². The summed E-state index contributed by atoms with van der Waals surface area (Å²) in [5, 5.41) is 43.0. The summed E-state index contributed by atoms with van der Waals surface area (Å²) in [5.74, 6) is -0.687. The number of hydrogen-bond donors (Lipinski definition) is 5. The summed E-state index contributed by atoms with van der Waals surface area (Å²) in [6, 6.07) is 7.96. The van der Waals surface area contributed by atoms with E-state index < -0.39 is 24.3 Å². The minimum absolute atomic E-state index is 0.0112. The summed E-state index contributed by atoms with van der Waals surface area (Å²) >= 11 is 0. The Morgan fingerprint density at radius 3 is 2.41 bits per heavy atom. The molecule has 0 bridgehead atoms. The Labute approximate surface area is 174 Å². The smallest absolute Gasteiger partial charge is 0.303 e. The molecule has 0 saturated heterocycles. The van der Waals surface area contributed by atoms with Crippen molar-refractivity contribution in [3.63, 3.8) is 0 Å². The summed E-state index contributed by atoms with van der Waals surface area (Å²) in [4.78, 5) is 10.5. The van der Waals surface area contributed by atoms with Crippen molar-refractivity contribution < 1.29 is 25.2 Å². The number of aliphatic carboxylic acids is 1. The summed E-state index contributed by atoms with van der Waals surface area (Å²) in [6.45, 7) is 2.49. The maximum absolute atomic E-state index is 10.5. The molecule has 2 rings (SSSR count). The molecule has 1 aromatic carbocycles. The van der Waals surface area contributed by atoms with E-state index in [9.17, 15) is 20.1 Å². The predicted molar refractivity (Wildman–Crippen MR) is 114 cm³/mol. The van der Waals surface area contributed by atoms with E-state index in [4.69, 9.17) is 5.11 Å². The Hall–Kier alpha value is -1.63. The van der Waals surface area contributed by atoms with Crippen molar-refractivity contribution in [2.75, 3.05) is 11.9 Å². The zero-order chi connectivity index (χ0) is 21.2. The summed E-state index contributed by atoms with van der Waals surface area (Å²) in [5.41, 5.74) is 2.15. The molecule has 6 nitrogen and oxygen atoms in total. The van der Waals surface area contributed by atoms with E-state index in [2.05, 4.69) is 5.32 Å². The molecule has 0 aliphatic heterocycles. The summed E-state index contributed by atoms with van der Waals surface area (Å²) in [6.07, 6.45) is 4.68. The number of aliphatic hydroxyl groups is 3. The minimum Gasteiger partial charge on any atom is -0.481 e. The number of anilines is 1. The molecule has 2 unspecified atom stereocenters. The number of aliphatic hydroxyl groups excluding tert-OH is 3. The third-order valence-corrected chi connectivity index (χ3v) is 6.21. The van der Waals surface area contributed by atoms with E-state index in [-0.39, 0.29) is 18.3 Å². The number of rotatable bonds is 13. The lowest BCUT2D eigenvalue weighted by molar-refractivity contribution is -0.137. The van der Waals surface area contributed by atoms with Crippen LogP contribution in [0.15, 0.2) is 24.3 Å². The molecule has 29 heavy (non-hydrogen) atoms. The highest BCUT2D eigenvalue weighted by Gasteiger charge is 2.40. The first-order valence-corrected chi connectivity index (χ1v) is 10.9. The van der Waals surface area contributed by atoms with Crippen LogP contribution in [0.5, 0.6) is 0 Å². The van der Waals surface area contributed by atoms with Crippen LogP contribution in [0.4, 0.5) is 5.69 Å². The second kappa shape index (κ2) is 12.2. The Balaban J connectivity index is 1.72. The van der Waals surface area contributed by atoms with E-state index >= 15 is 0 Å². The molecule has 0 aromatic heterocycles. The first-order valence-electron chi connectivity index (χ1n) is 10.9. The number of para-hydroxylation sites is 1. The van der Waals surface area contributed by atoms with Gasteiger partial charge in [0.2, 0.25) is 0 Å². The number of nitrogens with one attached hydrogen (secondary N) is 1. The zero-order valence-corrected chi connectivity index (χ0v) is 17.5. The number of carbonyl (C=O) groups is 1. The fraction of sp³-hybridized carbons (Fsp3) is 0.696. The molecule has 1 fully saturated rings. The van der Waals surface area contributed by atoms with E-state index in [1.165, 1.54) is 0 Å². The first-order chi connectivity index (χ1) is 13.9. The number of benzene rings is 1. The fourth-order valence-electron chi connectivity index (χ4n) is 4.48. The van der Waals surface area contributed by atoms with Gasteiger partial charge in [-0.15, -0.1) is 0 Å². The molecule has 1 saturated carbocycles. The quantitative estimate of drug-likeness (QED) is 0.321. The number of carboxylic acids is 1. The predicted octanol–water partition coefficient (Wildman–Crippen LogP) is 3.33. The third-order valence-electron chi connectivity index (χ3n) is 6.21. The van der Waals surface area contributed by atoms with Crippen LogP contribution in [0, 0.1) is 18.8 Å². The van der Waals surface area contributed by atoms with Crippen molar-refractivity contribution in [2.45, 2.75) is 83.0 Å². The Bertz CT molecular complexity index is 623. The second-order valence-corrected chi connectivity index (χ2v) is 8.47. The molecule has 1 aliphatic carbocycles. The van der Waals surface area contributed by atoms with Gasteiger partial charge in [0, 0.05) is 18.7 Å². The molecule has 0 amide bonds. The van der Waals surface area contributed by atoms with Crippen molar-refractivity contribution in [1.29, 1.82) is 0 Å². The lowest BCUT2D eigenvalue weighted by Crippen LogP contribution is -2.26. The van der Waals surface area contributed by atoms with Crippen molar-refractivity contribution >= 4 is 11.7 Å². The van der Waals surface area contributed by atoms with Crippen LogP contribution >= 0.6 is 0 Å². The Morgan fingerprint density at radius 2 is 1.72 bits per heavy atom. The van der Waals surface area contributed by atoms with Gasteiger partial charge in [0.1, 0.15) is 0 Å². The minimum atomic E-state index is -0.755. The van der Waals surface area contributed by atoms with E-state index in [0.29, 0.717) is 32.2 Å². The molecule has 5 atom stereocenters. The number of hydrogen-bond acceptors (Lipinski definition) is 5. The van der Waals surface area contributed by atoms with Gasteiger partial charge in [0.25, 0.3) is 0 Å². The van der Waals surface area contributed by atoms with Gasteiger partial charge in [-0.05, 0) is 62.5 Å². The molecule has 0 spiro atoms. The lowest BCUT2D eigenvalue weighted by Gasteiger charge is -2.25. The normalized spacial score (nSPS) is 25.1. The van der Waals surface area contributed by atoms with Crippen molar-refractivity contribution in [3.8, 4) is 0 Å². The molecular formula is C23H37NO5. The van der Waals surface area contributed by atoms with Crippen LogP contribution in [0.2, 0.25) is 0 Å². The van der Waals surface area contributed by atoms with Crippen LogP contribution in [0.3, 0.4) is 0 Å². The second-order valence-electron chi connectivity index (χ2n) is 8.47. The maximum atomic E-state index is 10.5. The van der Waals surface area contributed by atoms with Gasteiger partial charge in [0.05, 0.1) is 18.3 Å². The van der Waals surface area contributed by atoms with Crippen molar-refractivity contribution in [1.82, 2.24) is 0 Å². The van der Waals surface area contributed by atoms with Crippen LogP contribution in [0.1, 0.15) is 63.4 Å². The topological polar surface area (TPSA) is 110 Å². The summed E-state index contributed by atoms with van der Waals surface area (Å²) < 4.78 is 0. The van der Waals surface area contributed by atoms with Gasteiger partial charge < -0.3 is 25.7 Å². The highest BCUT2D eigenvalue weighted by atomic mass is 16.4. The molecule has 5 N–H and O–H groups in total. The first kappa shape index (κ1) is 23.6. The molecular weight excluding hydrogens is 370 g/mol. The Kier molecular flexibility index (Phi) is 9.91. The van der Waals surface area contributed by atoms with Crippen LogP contribution < -0.4 is 5.32 Å². The standard InChI is InChI=1S/C23H37NO5/c1-16-8-6-7-10-20(16)24-15-17(25)12-13-19-18(21(26)14-22(19)27)9-4-2-3-5-11-23(28)29/h6-8,10,17-19,21-22,24-27H,2-5,9,11-15H2,1H3,(H,28,29)/t17?,18?,19-,21+,22-/m1/s1. The third kappa shape index (κ3) is 7.96. The van der Waals surface area contributed by atoms with Crippen LogP contribution in [-0.4, -0.2) is 51.3 Å². The SMILES string of the molecule is Cc1ccccc1NCC(O)CC[C@@H]1C(CCCCCCC(=O)O)[C@@H](O)C[C@H]1O. The van der Waals surface area contributed by atoms with Gasteiger partial charge in [-0.3, -0.25) is 4.79 Å². The zero-order valence-electron chi connectivity index (χ0n) is 17.5. The number of carboxylic acid groups (broad SMARTS) is 1. The van der Waals surface area contributed by atoms with Gasteiger partial charge in [-0.25, -0.2) is 0 Å². The average molecular weight is 408 g/mol. The van der Waals surface area contributed by atoms with Gasteiger partial charge in [0.15, 0.2) is 0 Å². The molecule has 0 heterocycles. The van der Waals surface area contributed by atoms with Gasteiger partial charge in [-0.1, -0.05) is 37.5 Å². The molecule has 1 aliphatic rings. The summed E-state index contributed by atoms with van der Waals surface area (Å²) in [7, 11) is 0. The van der Waals surface area contributed by atoms with Crippen LogP contribution in [0.25, 0.3) is 0 Å². The highest BCUT2D eigenvalue weighted by Crippen LogP contribution is 2.39. The van der Waals surface area contributed by atoms with Crippen molar-refractivity contribution in [3.05, 3.63) is 29.8 Å². The molecule has 6 heteroatoms. The number of aryl methyl sites for hydroxylation is 1. The molecule has 1 aromatic rings. The van der Waals surface area contributed by atoms with Gasteiger partial charge >= 0.3 is 5.97 Å². The van der Waals surface area contributed by atoms with Crippen molar-refractivity contribution in [2.24, 2.45) is 11.8 Å². The van der Waals surface area contributed by atoms with E-state index in [1.54, 1.807) is 0 Å². The molecule has 164 valence electrons. The van der Waals surface area contributed by atoms with E-state index in [0.717, 1.165) is 36.9 Å². The maximum Gasteiger partial charge on any atom is 0.303 e. The fourth-order valence-corrected chi connectivity index (χ4v) is 4.48. The molecule has 0 radical (unpaired) electrons. The van der Waals surface area contributed by atoms with Gasteiger partial charge in [-0.2, -0.15) is 0 Å².